The third-order valence-electron chi connectivity index (χ3n) is 3.43. The van der Waals surface area contributed by atoms with Crippen LogP contribution in [-0.4, -0.2) is 18.7 Å². The Morgan fingerprint density at radius 2 is 2.12 bits per heavy atom. The zero-order chi connectivity index (χ0) is 17.7. The number of carbonyl (C=O) groups excluding carboxylic acids is 1. The lowest BCUT2D eigenvalue weighted by Crippen LogP contribution is -2.24. The molecule has 1 amide bonds. The van der Waals surface area contributed by atoms with Crippen molar-refractivity contribution in [2.75, 3.05) is 6.61 Å². The van der Waals surface area contributed by atoms with E-state index in [1.165, 1.54) is 5.56 Å². The Kier molecular flexibility index (Phi) is 6.18. The maximum Gasteiger partial charge on any atom is 0.277 e. The van der Waals surface area contributed by atoms with Gasteiger partial charge in [0.15, 0.2) is 6.61 Å². The molecule has 0 aliphatic heterocycles. The first-order chi connectivity index (χ1) is 11.3. The number of carbonyl (C=O) groups is 1. The molecule has 1 aromatic heterocycles. The number of hydrazone groups is 1. The molecular weight excluding hydrogens is 388 g/mol. The predicted octanol–water partition coefficient (Wildman–Crippen LogP) is 4.65. The van der Waals surface area contributed by atoms with Gasteiger partial charge in [0.05, 0.1) is 10.7 Å². The standard InChI is InChI=1S/C18H21BrN2O2S/c1-12-7-8-24-16(12)10-20-21-17(22)11-23-15-6-5-13(9-14(15)19)18(2,3)4/h5-10H,11H2,1-4H3,(H,21,22)/b20-10-. The normalized spacial score (nSPS) is 11.7. The van der Waals surface area contributed by atoms with E-state index in [9.17, 15) is 4.79 Å². The molecule has 0 saturated carbocycles. The number of benzene rings is 1. The van der Waals surface area contributed by atoms with Crippen molar-refractivity contribution in [3.05, 3.63) is 50.1 Å². The van der Waals surface area contributed by atoms with Crippen LogP contribution in [0, 0.1) is 6.92 Å². The fourth-order valence-electron chi connectivity index (χ4n) is 1.94. The maximum atomic E-state index is 11.8. The van der Waals surface area contributed by atoms with Crippen molar-refractivity contribution in [1.29, 1.82) is 0 Å². The topological polar surface area (TPSA) is 50.7 Å². The van der Waals surface area contributed by atoms with Crippen molar-refractivity contribution in [3.8, 4) is 5.75 Å². The smallest absolute Gasteiger partial charge is 0.277 e. The lowest BCUT2D eigenvalue weighted by molar-refractivity contribution is -0.123. The molecule has 0 spiro atoms. The van der Waals surface area contributed by atoms with Crippen molar-refractivity contribution < 1.29 is 9.53 Å². The first-order valence-electron chi connectivity index (χ1n) is 7.56. The van der Waals surface area contributed by atoms with Crippen LogP contribution < -0.4 is 10.2 Å². The summed E-state index contributed by atoms with van der Waals surface area (Å²) in [5.74, 6) is 0.337. The Labute approximate surface area is 155 Å². The lowest BCUT2D eigenvalue weighted by Gasteiger charge is -2.20. The summed E-state index contributed by atoms with van der Waals surface area (Å²) in [6.45, 7) is 8.36. The number of rotatable bonds is 5. The highest BCUT2D eigenvalue weighted by Gasteiger charge is 2.15. The summed E-state index contributed by atoms with van der Waals surface area (Å²) in [6.07, 6.45) is 1.64. The summed E-state index contributed by atoms with van der Waals surface area (Å²) in [5, 5.41) is 5.94. The fourth-order valence-corrected chi connectivity index (χ4v) is 3.22. The van der Waals surface area contributed by atoms with E-state index >= 15 is 0 Å². The Balaban J connectivity index is 1.88. The van der Waals surface area contributed by atoms with Gasteiger partial charge in [-0.25, -0.2) is 5.43 Å². The van der Waals surface area contributed by atoms with Gasteiger partial charge in [0.25, 0.3) is 5.91 Å². The molecule has 0 aliphatic carbocycles. The van der Waals surface area contributed by atoms with Gasteiger partial charge in [-0.15, -0.1) is 11.3 Å². The van der Waals surface area contributed by atoms with E-state index in [0.717, 1.165) is 14.9 Å². The van der Waals surface area contributed by atoms with Crippen molar-refractivity contribution >= 4 is 39.4 Å². The summed E-state index contributed by atoms with van der Waals surface area (Å²) in [4.78, 5) is 12.8. The van der Waals surface area contributed by atoms with Gasteiger partial charge in [-0.1, -0.05) is 26.8 Å². The highest BCUT2D eigenvalue weighted by Crippen LogP contribution is 2.31. The fraction of sp³-hybridized carbons (Fsp3) is 0.333. The number of nitrogens with zero attached hydrogens (tertiary/aromatic N) is 1. The number of ether oxygens (including phenoxy) is 1. The summed E-state index contributed by atoms with van der Waals surface area (Å²) >= 11 is 5.07. The third-order valence-corrected chi connectivity index (χ3v) is 5.00. The molecule has 128 valence electrons. The number of hydrogen-bond acceptors (Lipinski definition) is 4. The minimum atomic E-state index is -0.299. The van der Waals surface area contributed by atoms with Gasteiger partial charge in [0.1, 0.15) is 5.75 Å². The molecule has 1 heterocycles. The van der Waals surface area contributed by atoms with Gasteiger partial charge in [0, 0.05) is 4.88 Å². The molecule has 0 bridgehead atoms. The molecule has 2 rings (SSSR count). The molecular formula is C18H21BrN2O2S. The molecule has 0 saturated heterocycles. The van der Waals surface area contributed by atoms with Gasteiger partial charge >= 0.3 is 0 Å². The average Bonchev–Trinajstić information content (AvgIpc) is 2.90. The van der Waals surface area contributed by atoms with Crippen LogP contribution in [0.15, 0.2) is 39.2 Å². The number of amides is 1. The molecule has 0 atom stereocenters. The second-order valence-electron chi connectivity index (χ2n) is 6.44. The van der Waals surface area contributed by atoms with Crippen LogP contribution in [-0.2, 0) is 10.2 Å². The van der Waals surface area contributed by atoms with Crippen LogP contribution in [0.25, 0.3) is 0 Å². The van der Waals surface area contributed by atoms with Gasteiger partial charge in [0.2, 0.25) is 0 Å². The Bertz CT molecular complexity index is 748. The number of aryl methyl sites for hydroxylation is 1. The van der Waals surface area contributed by atoms with E-state index in [1.807, 2.05) is 36.6 Å². The van der Waals surface area contributed by atoms with Crippen LogP contribution >= 0.6 is 27.3 Å². The first kappa shape index (κ1) is 18.7. The van der Waals surface area contributed by atoms with Gasteiger partial charge in [-0.2, -0.15) is 5.10 Å². The minimum absolute atomic E-state index is 0.0626. The second kappa shape index (κ2) is 7.94. The summed E-state index contributed by atoms with van der Waals surface area (Å²) in [7, 11) is 0. The van der Waals surface area contributed by atoms with Gasteiger partial charge in [-0.05, 0) is 63.0 Å². The Morgan fingerprint density at radius 3 is 2.71 bits per heavy atom. The van der Waals surface area contributed by atoms with Crippen molar-refractivity contribution in [2.45, 2.75) is 33.1 Å². The Morgan fingerprint density at radius 1 is 1.38 bits per heavy atom. The molecule has 1 aromatic carbocycles. The monoisotopic (exact) mass is 408 g/mol. The van der Waals surface area contributed by atoms with E-state index in [4.69, 9.17) is 4.74 Å². The largest absolute Gasteiger partial charge is 0.483 e. The third kappa shape index (κ3) is 5.18. The Hall–Kier alpha value is -1.66. The number of halogens is 1. The zero-order valence-corrected chi connectivity index (χ0v) is 16.6. The zero-order valence-electron chi connectivity index (χ0n) is 14.2. The van der Waals surface area contributed by atoms with Crippen LogP contribution in [0.1, 0.15) is 36.8 Å². The van der Waals surface area contributed by atoms with Crippen molar-refractivity contribution in [1.82, 2.24) is 5.43 Å². The summed E-state index contributed by atoms with van der Waals surface area (Å²) < 4.78 is 6.38. The van der Waals surface area contributed by atoms with E-state index in [-0.39, 0.29) is 17.9 Å². The van der Waals surface area contributed by atoms with Gasteiger partial charge in [-0.3, -0.25) is 4.79 Å². The van der Waals surface area contributed by atoms with Crippen LogP contribution in [0.3, 0.4) is 0 Å². The van der Waals surface area contributed by atoms with E-state index in [0.29, 0.717) is 5.75 Å². The maximum absolute atomic E-state index is 11.8. The molecule has 1 N–H and O–H groups in total. The first-order valence-corrected chi connectivity index (χ1v) is 9.23. The summed E-state index contributed by atoms with van der Waals surface area (Å²) in [6, 6.07) is 7.91. The van der Waals surface area contributed by atoms with E-state index in [2.05, 4.69) is 47.2 Å². The SMILES string of the molecule is Cc1ccsc1/C=N\NC(=O)COc1ccc(C(C)(C)C)cc1Br. The van der Waals surface area contributed by atoms with E-state index in [1.54, 1.807) is 17.6 Å². The highest BCUT2D eigenvalue weighted by molar-refractivity contribution is 9.10. The molecule has 6 heteroatoms. The number of thiophene rings is 1. The number of nitrogens with one attached hydrogen (secondary N) is 1. The molecule has 0 unspecified atom stereocenters. The summed E-state index contributed by atoms with van der Waals surface area (Å²) in [5.41, 5.74) is 4.87. The van der Waals surface area contributed by atoms with Crippen LogP contribution in [0.4, 0.5) is 0 Å². The van der Waals surface area contributed by atoms with Crippen molar-refractivity contribution in [2.24, 2.45) is 5.10 Å². The quantitative estimate of drug-likeness (QED) is 0.578. The lowest BCUT2D eigenvalue weighted by atomic mass is 9.87. The molecule has 2 aromatic rings. The molecule has 0 aliphatic rings. The molecule has 0 radical (unpaired) electrons. The van der Waals surface area contributed by atoms with Crippen LogP contribution in [0.5, 0.6) is 5.75 Å². The van der Waals surface area contributed by atoms with Gasteiger partial charge < -0.3 is 4.74 Å². The number of hydrogen-bond donors (Lipinski definition) is 1. The average molecular weight is 409 g/mol. The van der Waals surface area contributed by atoms with Crippen LogP contribution in [0.2, 0.25) is 0 Å². The van der Waals surface area contributed by atoms with E-state index < -0.39 is 0 Å². The predicted molar refractivity (Wildman–Crippen MR) is 103 cm³/mol. The van der Waals surface area contributed by atoms with Crippen molar-refractivity contribution in [3.63, 3.8) is 0 Å². The molecule has 4 nitrogen and oxygen atoms in total. The molecule has 0 fully saturated rings. The highest BCUT2D eigenvalue weighted by atomic mass is 79.9. The second-order valence-corrected chi connectivity index (χ2v) is 8.25. The molecule has 24 heavy (non-hydrogen) atoms. The minimum Gasteiger partial charge on any atom is -0.483 e.